The van der Waals surface area contributed by atoms with Crippen molar-refractivity contribution in [2.45, 2.75) is 13.8 Å². The van der Waals surface area contributed by atoms with Crippen molar-refractivity contribution in [1.82, 2.24) is 0 Å². The molecule has 0 bridgehead atoms. The van der Waals surface area contributed by atoms with Gasteiger partial charge in [0, 0.05) is 16.7 Å². The van der Waals surface area contributed by atoms with E-state index in [1.165, 1.54) is 6.08 Å². The monoisotopic (exact) mass is 434 g/mol. The summed E-state index contributed by atoms with van der Waals surface area (Å²) in [5, 5.41) is 0.653. The highest BCUT2D eigenvalue weighted by atomic mass is 35.5. The fourth-order valence-electron chi connectivity index (χ4n) is 3.27. The van der Waals surface area contributed by atoms with Crippen LogP contribution in [0.4, 0.5) is 0 Å². The van der Waals surface area contributed by atoms with Crippen LogP contribution in [0.5, 0.6) is 5.75 Å². The number of aldehydes is 1. The van der Waals surface area contributed by atoms with E-state index >= 15 is 0 Å². The Morgan fingerprint density at radius 2 is 1.65 bits per heavy atom. The van der Waals surface area contributed by atoms with E-state index < -0.39 is 5.97 Å². The number of carbonyl (C=O) groups is 2. The van der Waals surface area contributed by atoms with Crippen molar-refractivity contribution in [2.24, 2.45) is 0 Å². The lowest BCUT2D eigenvalue weighted by Gasteiger charge is -2.12. The van der Waals surface area contributed by atoms with E-state index in [1.807, 2.05) is 61.5 Å². The number of hydrogen-bond acceptors (Lipinski definition) is 4. The van der Waals surface area contributed by atoms with Crippen LogP contribution in [-0.4, -0.2) is 26.0 Å². The summed E-state index contributed by atoms with van der Waals surface area (Å²) in [6.45, 7) is 4.00. The summed E-state index contributed by atoms with van der Waals surface area (Å²) in [6.07, 6.45) is 3.90. The molecule has 0 saturated heterocycles. The zero-order valence-electron chi connectivity index (χ0n) is 17.6. The SMILES string of the molecule is CCOC(=O)/C=C/c1cc(OC)ccc1-c1ccc(-c2ccc(C)c(Cl)c2)c(C=O)c1. The molecule has 3 aromatic carbocycles. The molecule has 0 aliphatic heterocycles. The van der Waals surface area contributed by atoms with Crippen LogP contribution in [-0.2, 0) is 9.53 Å². The number of methoxy groups -OCH3 is 1. The maximum atomic E-state index is 11.9. The molecule has 0 aromatic heterocycles. The van der Waals surface area contributed by atoms with E-state index in [0.717, 1.165) is 39.7 Å². The minimum absolute atomic E-state index is 0.307. The van der Waals surface area contributed by atoms with E-state index in [0.29, 0.717) is 22.9 Å². The first-order chi connectivity index (χ1) is 15.0. The van der Waals surface area contributed by atoms with Gasteiger partial charge in [-0.3, -0.25) is 4.79 Å². The van der Waals surface area contributed by atoms with Crippen molar-refractivity contribution in [3.8, 4) is 28.0 Å². The lowest BCUT2D eigenvalue weighted by atomic mass is 9.93. The quantitative estimate of drug-likeness (QED) is 0.246. The number of ether oxygens (including phenoxy) is 2. The van der Waals surface area contributed by atoms with Gasteiger partial charge in [0.15, 0.2) is 6.29 Å². The molecule has 0 fully saturated rings. The summed E-state index contributed by atoms with van der Waals surface area (Å²) in [5.41, 5.74) is 5.68. The van der Waals surface area contributed by atoms with Gasteiger partial charge >= 0.3 is 5.97 Å². The smallest absolute Gasteiger partial charge is 0.330 e. The Labute approximate surface area is 187 Å². The van der Waals surface area contributed by atoms with Gasteiger partial charge in [-0.25, -0.2) is 4.79 Å². The first-order valence-corrected chi connectivity index (χ1v) is 10.2. The van der Waals surface area contributed by atoms with Gasteiger partial charge in [0.05, 0.1) is 13.7 Å². The molecule has 0 radical (unpaired) electrons. The highest BCUT2D eigenvalue weighted by Crippen LogP contribution is 2.33. The van der Waals surface area contributed by atoms with Crippen LogP contribution in [0.2, 0.25) is 5.02 Å². The minimum Gasteiger partial charge on any atom is -0.497 e. The lowest BCUT2D eigenvalue weighted by molar-refractivity contribution is -0.137. The van der Waals surface area contributed by atoms with E-state index in [2.05, 4.69) is 0 Å². The topological polar surface area (TPSA) is 52.6 Å². The minimum atomic E-state index is -0.420. The normalized spacial score (nSPS) is 10.8. The summed E-state index contributed by atoms with van der Waals surface area (Å²) < 4.78 is 10.3. The number of halogens is 1. The molecule has 0 N–H and O–H groups in total. The van der Waals surface area contributed by atoms with Gasteiger partial charge in [0.25, 0.3) is 0 Å². The van der Waals surface area contributed by atoms with E-state index in [9.17, 15) is 9.59 Å². The molecule has 0 amide bonds. The lowest BCUT2D eigenvalue weighted by Crippen LogP contribution is -1.99. The third-order valence-electron chi connectivity index (χ3n) is 4.92. The fraction of sp³-hybridized carbons (Fsp3) is 0.154. The number of hydrogen-bond donors (Lipinski definition) is 0. The summed E-state index contributed by atoms with van der Waals surface area (Å²) >= 11 is 6.27. The summed E-state index contributed by atoms with van der Waals surface area (Å²) in [6, 6.07) is 17.0. The number of benzene rings is 3. The molecule has 0 unspecified atom stereocenters. The Morgan fingerprint density at radius 3 is 2.32 bits per heavy atom. The molecule has 4 nitrogen and oxygen atoms in total. The van der Waals surface area contributed by atoms with Crippen LogP contribution in [0.15, 0.2) is 60.7 Å². The van der Waals surface area contributed by atoms with Gasteiger partial charge in [-0.2, -0.15) is 0 Å². The maximum Gasteiger partial charge on any atom is 0.330 e. The molecule has 5 heteroatoms. The number of aryl methyl sites for hydroxylation is 1. The zero-order chi connectivity index (χ0) is 22.4. The second-order valence-corrected chi connectivity index (χ2v) is 7.33. The van der Waals surface area contributed by atoms with Crippen molar-refractivity contribution in [1.29, 1.82) is 0 Å². The Kier molecular flexibility index (Phi) is 7.27. The van der Waals surface area contributed by atoms with E-state index in [4.69, 9.17) is 21.1 Å². The van der Waals surface area contributed by atoms with Gasteiger partial charge in [0.2, 0.25) is 0 Å². The third kappa shape index (κ3) is 5.22. The molecule has 3 aromatic rings. The van der Waals surface area contributed by atoms with Crippen LogP contribution >= 0.6 is 11.6 Å². The Morgan fingerprint density at radius 1 is 0.968 bits per heavy atom. The largest absolute Gasteiger partial charge is 0.497 e. The van der Waals surface area contributed by atoms with Crippen LogP contribution in [0, 0.1) is 6.92 Å². The van der Waals surface area contributed by atoms with Crippen molar-refractivity contribution in [3.63, 3.8) is 0 Å². The van der Waals surface area contributed by atoms with Crippen molar-refractivity contribution in [2.75, 3.05) is 13.7 Å². The summed E-state index contributed by atoms with van der Waals surface area (Å²) in [7, 11) is 1.58. The number of carbonyl (C=O) groups excluding carboxylic acids is 2. The van der Waals surface area contributed by atoms with Crippen LogP contribution in [0.25, 0.3) is 28.3 Å². The Balaban J connectivity index is 2.07. The summed E-state index contributed by atoms with van der Waals surface area (Å²) in [5.74, 6) is 0.241. The molecule has 0 spiro atoms. The third-order valence-corrected chi connectivity index (χ3v) is 5.32. The maximum absolute atomic E-state index is 11.9. The first-order valence-electron chi connectivity index (χ1n) is 9.85. The van der Waals surface area contributed by atoms with Crippen molar-refractivity contribution in [3.05, 3.63) is 82.4 Å². The van der Waals surface area contributed by atoms with Crippen molar-refractivity contribution >= 4 is 29.9 Å². The highest BCUT2D eigenvalue weighted by Gasteiger charge is 2.11. The van der Waals surface area contributed by atoms with Crippen LogP contribution in [0.1, 0.15) is 28.4 Å². The van der Waals surface area contributed by atoms with Gasteiger partial charge in [-0.05, 0) is 77.6 Å². The van der Waals surface area contributed by atoms with Gasteiger partial charge in [0.1, 0.15) is 5.75 Å². The average molecular weight is 435 g/mol. The second-order valence-electron chi connectivity index (χ2n) is 6.92. The van der Waals surface area contributed by atoms with Gasteiger partial charge in [-0.15, -0.1) is 0 Å². The molecule has 3 rings (SSSR count). The first kappa shape index (κ1) is 22.3. The van der Waals surface area contributed by atoms with E-state index in [-0.39, 0.29) is 0 Å². The molecule has 0 saturated carbocycles. The van der Waals surface area contributed by atoms with Crippen molar-refractivity contribution < 1.29 is 19.1 Å². The molecule has 0 aliphatic carbocycles. The molecule has 0 aliphatic rings. The molecular weight excluding hydrogens is 412 g/mol. The van der Waals surface area contributed by atoms with Gasteiger partial charge in [-0.1, -0.05) is 41.9 Å². The zero-order valence-corrected chi connectivity index (χ0v) is 18.4. The molecular formula is C26H23ClO4. The summed E-state index contributed by atoms with van der Waals surface area (Å²) in [4.78, 5) is 23.7. The Bertz CT molecular complexity index is 1150. The number of esters is 1. The standard InChI is InChI=1S/C26H23ClO4/c1-4-31-26(29)12-8-19-14-22(30-3)9-11-23(19)18-7-10-24(21(13-18)16-28)20-6-5-17(2)25(27)15-20/h5-16H,4H2,1-3H3/b12-8+. The van der Waals surface area contributed by atoms with E-state index in [1.54, 1.807) is 20.1 Å². The van der Waals surface area contributed by atoms with Crippen LogP contribution in [0.3, 0.4) is 0 Å². The number of rotatable bonds is 7. The predicted octanol–water partition coefficient (Wildman–Crippen LogP) is 6.38. The molecule has 31 heavy (non-hydrogen) atoms. The molecule has 0 heterocycles. The fourth-order valence-corrected chi connectivity index (χ4v) is 3.45. The molecule has 0 atom stereocenters. The average Bonchev–Trinajstić information content (AvgIpc) is 2.79. The highest BCUT2D eigenvalue weighted by molar-refractivity contribution is 6.31. The van der Waals surface area contributed by atoms with Crippen LogP contribution < -0.4 is 4.74 Å². The molecule has 158 valence electrons. The predicted molar refractivity (Wildman–Crippen MR) is 125 cm³/mol. The second kappa shape index (κ2) is 10.1. The Hall–Kier alpha value is -3.37. The van der Waals surface area contributed by atoms with Gasteiger partial charge < -0.3 is 9.47 Å².